The van der Waals surface area contributed by atoms with Crippen LogP contribution in [0.5, 0.6) is 0 Å². The first-order valence-electron chi connectivity index (χ1n) is 7.70. The van der Waals surface area contributed by atoms with Gasteiger partial charge in [-0.2, -0.15) is 0 Å². The second-order valence-corrected chi connectivity index (χ2v) is 6.42. The van der Waals surface area contributed by atoms with Crippen molar-refractivity contribution in [1.82, 2.24) is 9.97 Å². The van der Waals surface area contributed by atoms with Crippen LogP contribution in [0.1, 0.15) is 38.8 Å². The lowest BCUT2D eigenvalue weighted by atomic mass is 10.0. The highest BCUT2D eigenvalue weighted by molar-refractivity contribution is 5.53. The topological polar surface area (TPSA) is 37.8 Å². The predicted octanol–water partition coefficient (Wildman–Crippen LogP) is 4.62. The van der Waals surface area contributed by atoms with Crippen molar-refractivity contribution in [3.8, 4) is 0 Å². The van der Waals surface area contributed by atoms with Crippen LogP contribution in [0.2, 0.25) is 0 Å². The van der Waals surface area contributed by atoms with Gasteiger partial charge in [0.15, 0.2) is 0 Å². The maximum Gasteiger partial charge on any atom is 0.131 e. The van der Waals surface area contributed by atoms with Crippen molar-refractivity contribution in [3.05, 3.63) is 47.8 Å². The van der Waals surface area contributed by atoms with Crippen molar-refractivity contribution in [3.63, 3.8) is 0 Å². The molecule has 3 nitrogen and oxygen atoms in total. The third-order valence-electron chi connectivity index (χ3n) is 3.19. The van der Waals surface area contributed by atoms with Crippen molar-refractivity contribution < 1.29 is 0 Å². The highest BCUT2D eigenvalue weighted by Crippen LogP contribution is 2.17. The largest absolute Gasteiger partial charge is 0.325 e. The molecule has 2 rings (SSSR count). The second kappa shape index (κ2) is 7.21. The van der Waals surface area contributed by atoms with E-state index in [1.54, 1.807) is 0 Å². The molecule has 0 aliphatic heterocycles. The van der Waals surface area contributed by atoms with E-state index in [9.17, 15) is 0 Å². The van der Waals surface area contributed by atoms with E-state index in [2.05, 4.69) is 67.2 Å². The molecule has 2 aromatic heterocycles. The molecule has 0 atom stereocenters. The molecule has 3 heteroatoms. The zero-order chi connectivity index (χ0) is 15.2. The molecular formula is C18H25N3. The van der Waals surface area contributed by atoms with Gasteiger partial charge in [-0.1, -0.05) is 27.7 Å². The van der Waals surface area contributed by atoms with Crippen LogP contribution < -0.4 is 5.32 Å². The maximum absolute atomic E-state index is 4.38. The Morgan fingerprint density at radius 2 is 1.24 bits per heavy atom. The van der Waals surface area contributed by atoms with Crippen molar-refractivity contribution in [2.45, 2.75) is 40.5 Å². The van der Waals surface area contributed by atoms with Gasteiger partial charge in [0.1, 0.15) is 11.6 Å². The summed E-state index contributed by atoms with van der Waals surface area (Å²) < 4.78 is 0. The number of nitrogens with one attached hydrogen (secondary N) is 1. The fourth-order valence-corrected chi connectivity index (χ4v) is 2.41. The summed E-state index contributed by atoms with van der Waals surface area (Å²) in [6.45, 7) is 8.91. The Bertz CT molecular complexity index is 525. The first kappa shape index (κ1) is 15.5. The first-order valence-corrected chi connectivity index (χ1v) is 7.70. The Hall–Kier alpha value is -1.90. The SMILES string of the molecule is CC(C)Cc1ccnc(Nc2cc(CC(C)C)ccn2)c1. The number of rotatable bonds is 6. The van der Waals surface area contributed by atoms with Gasteiger partial charge in [0, 0.05) is 12.4 Å². The molecule has 0 spiro atoms. The molecule has 21 heavy (non-hydrogen) atoms. The van der Waals surface area contributed by atoms with E-state index in [1.807, 2.05) is 12.4 Å². The van der Waals surface area contributed by atoms with Gasteiger partial charge in [0.25, 0.3) is 0 Å². The molecule has 0 radical (unpaired) electrons. The summed E-state index contributed by atoms with van der Waals surface area (Å²) in [5.41, 5.74) is 2.61. The minimum absolute atomic E-state index is 0.646. The molecule has 0 amide bonds. The Morgan fingerprint density at radius 1 is 0.810 bits per heavy atom. The molecule has 1 N–H and O–H groups in total. The summed E-state index contributed by atoms with van der Waals surface area (Å²) in [7, 11) is 0. The first-order chi connectivity index (χ1) is 10.0. The van der Waals surface area contributed by atoms with Crippen molar-refractivity contribution >= 4 is 11.6 Å². The van der Waals surface area contributed by atoms with Gasteiger partial charge in [-0.3, -0.25) is 0 Å². The average molecular weight is 283 g/mol. The Balaban J connectivity index is 2.10. The van der Waals surface area contributed by atoms with E-state index in [4.69, 9.17) is 0 Å². The van der Waals surface area contributed by atoms with Crippen LogP contribution in [0.15, 0.2) is 36.7 Å². The molecular weight excluding hydrogens is 258 g/mol. The van der Waals surface area contributed by atoms with E-state index >= 15 is 0 Å². The lowest BCUT2D eigenvalue weighted by Crippen LogP contribution is -2.01. The molecule has 0 fully saturated rings. The lowest BCUT2D eigenvalue weighted by molar-refractivity contribution is 0.647. The molecule has 0 aliphatic rings. The van der Waals surface area contributed by atoms with Crippen LogP contribution in [-0.4, -0.2) is 9.97 Å². The summed E-state index contributed by atoms with van der Waals surface area (Å²) in [6, 6.07) is 8.37. The maximum atomic E-state index is 4.38. The molecule has 0 unspecified atom stereocenters. The molecule has 112 valence electrons. The normalized spacial score (nSPS) is 11.1. The fraction of sp³-hybridized carbons (Fsp3) is 0.444. The lowest BCUT2D eigenvalue weighted by Gasteiger charge is -2.10. The van der Waals surface area contributed by atoms with E-state index in [1.165, 1.54) is 11.1 Å². The smallest absolute Gasteiger partial charge is 0.131 e. The van der Waals surface area contributed by atoms with Gasteiger partial charge < -0.3 is 5.32 Å². The monoisotopic (exact) mass is 283 g/mol. The summed E-state index contributed by atoms with van der Waals surface area (Å²) >= 11 is 0. The third-order valence-corrected chi connectivity index (χ3v) is 3.19. The summed E-state index contributed by atoms with van der Waals surface area (Å²) in [4.78, 5) is 8.76. The third kappa shape index (κ3) is 5.18. The molecule has 0 aliphatic carbocycles. The molecule has 2 heterocycles. The van der Waals surface area contributed by atoms with Gasteiger partial charge in [0.2, 0.25) is 0 Å². The van der Waals surface area contributed by atoms with Gasteiger partial charge in [-0.15, -0.1) is 0 Å². The second-order valence-electron chi connectivity index (χ2n) is 6.42. The van der Waals surface area contributed by atoms with Crippen LogP contribution in [0.3, 0.4) is 0 Å². The highest BCUT2D eigenvalue weighted by atomic mass is 15.0. The number of aromatic nitrogens is 2. The van der Waals surface area contributed by atoms with Crippen molar-refractivity contribution in [1.29, 1.82) is 0 Å². The van der Waals surface area contributed by atoms with Gasteiger partial charge >= 0.3 is 0 Å². The summed E-state index contributed by atoms with van der Waals surface area (Å²) in [5, 5.41) is 3.31. The standard InChI is InChI=1S/C18H25N3/c1-13(2)9-15-5-7-19-17(11-15)21-18-12-16(6-8-20-18)10-14(3)4/h5-8,11-14H,9-10H2,1-4H3,(H,19,20,21). The van der Waals surface area contributed by atoms with Gasteiger partial charge in [0.05, 0.1) is 0 Å². The number of anilines is 2. The Labute approximate surface area is 127 Å². The highest BCUT2D eigenvalue weighted by Gasteiger charge is 2.03. The zero-order valence-corrected chi connectivity index (χ0v) is 13.4. The number of hydrogen-bond acceptors (Lipinski definition) is 3. The van der Waals surface area contributed by atoms with Crippen LogP contribution in [0.4, 0.5) is 11.6 Å². The minimum atomic E-state index is 0.646. The Kier molecular flexibility index (Phi) is 5.32. The summed E-state index contributed by atoms with van der Waals surface area (Å²) in [6.07, 6.45) is 5.85. The predicted molar refractivity (Wildman–Crippen MR) is 88.8 cm³/mol. The molecule has 0 saturated heterocycles. The fourth-order valence-electron chi connectivity index (χ4n) is 2.41. The minimum Gasteiger partial charge on any atom is -0.325 e. The molecule has 0 bridgehead atoms. The average Bonchev–Trinajstić information content (AvgIpc) is 2.37. The van der Waals surface area contributed by atoms with Crippen molar-refractivity contribution in [2.75, 3.05) is 5.32 Å². The number of hydrogen-bond donors (Lipinski definition) is 1. The van der Waals surface area contributed by atoms with E-state index in [0.717, 1.165) is 24.5 Å². The quantitative estimate of drug-likeness (QED) is 0.840. The molecule has 0 aromatic carbocycles. The number of nitrogens with zero attached hydrogens (tertiary/aromatic N) is 2. The van der Waals surface area contributed by atoms with E-state index < -0.39 is 0 Å². The van der Waals surface area contributed by atoms with Crippen LogP contribution in [0, 0.1) is 11.8 Å². The van der Waals surface area contributed by atoms with E-state index in [-0.39, 0.29) is 0 Å². The Morgan fingerprint density at radius 3 is 1.62 bits per heavy atom. The molecule has 0 saturated carbocycles. The van der Waals surface area contributed by atoms with E-state index in [0.29, 0.717) is 11.8 Å². The van der Waals surface area contributed by atoms with Gasteiger partial charge in [-0.25, -0.2) is 9.97 Å². The van der Waals surface area contributed by atoms with Crippen LogP contribution >= 0.6 is 0 Å². The van der Waals surface area contributed by atoms with Gasteiger partial charge in [-0.05, 0) is 60.1 Å². The van der Waals surface area contributed by atoms with Crippen LogP contribution in [0.25, 0.3) is 0 Å². The summed E-state index contributed by atoms with van der Waals surface area (Å²) in [5.74, 6) is 3.02. The van der Waals surface area contributed by atoms with Crippen LogP contribution in [-0.2, 0) is 12.8 Å². The van der Waals surface area contributed by atoms with Crippen molar-refractivity contribution in [2.24, 2.45) is 11.8 Å². The zero-order valence-electron chi connectivity index (χ0n) is 13.4. The number of pyridine rings is 2. The molecule has 2 aromatic rings.